The van der Waals surface area contributed by atoms with Crippen molar-refractivity contribution < 1.29 is 13.3 Å². The first kappa shape index (κ1) is 13.9. The molecule has 0 aromatic rings. The Morgan fingerprint density at radius 2 is 2.12 bits per heavy atom. The standard InChI is InChI=1S/C9H21N3O3S/c1-11(2)16(13,14)12-7-4-3-5-9(12)6-8-15-10/h9H,3-8,10H2,1-2H3. The summed E-state index contributed by atoms with van der Waals surface area (Å²) in [5.74, 6) is 4.98. The van der Waals surface area contributed by atoms with Crippen molar-refractivity contribution in [3.63, 3.8) is 0 Å². The lowest BCUT2D eigenvalue weighted by Gasteiger charge is -2.36. The predicted molar refractivity (Wildman–Crippen MR) is 61.7 cm³/mol. The Balaban J connectivity index is 2.74. The summed E-state index contributed by atoms with van der Waals surface area (Å²) in [6, 6.07) is 0.0182. The summed E-state index contributed by atoms with van der Waals surface area (Å²) in [5, 5.41) is 0. The average Bonchev–Trinajstić information content (AvgIpc) is 2.26. The van der Waals surface area contributed by atoms with E-state index in [-0.39, 0.29) is 6.04 Å². The van der Waals surface area contributed by atoms with Crippen LogP contribution in [0, 0.1) is 0 Å². The van der Waals surface area contributed by atoms with Crippen LogP contribution in [0.25, 0.3) is 0 Å². The lowest BCUT2D eigenvalue weighted by molar-refractivity contribution is 0.108. The monoisotopic (exact) mass is 251 g/mol. The third-order valence-electron chi connectivity index (χ3n) is 2.90. The zero-order chi connectivity index (χ0) is 12.2. The minimum atomic E-state index is -3.31. The van der Waals surface area contributed by atoms with Gasteiger partial charge in [-0.15, -0.1) is 0 Å². The van der Waals surface area contributed by atoms with Gasteiger partial charge in [-0.25, -0.2) is 5.90 Å². The van der Waals surface area contributed by atoms with Gasteiger partial charge in [0.1, 0.15) is 0 Å². The summed E-state index contributed by atoms with van der Waals surface area (Å²) >= 11 is 0. The number of rotatable bonds is 5. The van der Waals surface area contributed by atoms with E-state index in [2.05, 4.69) is 4.84 Å². The molecule has 1 saturated heterocycles. The molecule has 1 fully saturated rings. The molecular weight excluding hydrogens is 230 g/mol. The lowest BCUT2D eigenvalue weighted by atomic mass is 10.0. The highest BCUT2D eigenvalue weighted by atomic mass is 32.2. The van der Waals surface area contributed by atoms with Gasteiger partial charge in [0.15, 0.2) is 0 Å². The number of piperidine rings is 1. The second-order valence-electron chi connectivity index (χ2n) is 4.21. The van der Waals surface area contributed by atoms with Crippen molar-refractivity contribution in [3.05, 3.63) is 0 Å². The van der Waals surface area contributed by atoms with Crippen molar-refractivity contribution in [2.24, 2.45) is 5.90 Å². The van der Waals surface area contributed by atoms with Gasteiger partial charge in [0.05, 0.1) is 6.61 Å². The van der Waals surface area contributed by atoms with Crippen molar-refractivity contribution in [1.29, 1.82) is 0 Å². The van der Waals surface area contributed by atoms with E-state index in [1.54, 1.807) is 18.4 Å². The molecule has 7 heteroatoms. The normalized spacial score (nSPS) is 23.9. The van der Waals surface area contributed by atoms with Crippen molar-refractivity contribution in [2.45, 2.75) is 31.7 Å². The van der Waals surface area contributed by atoms with E-state index >= 15 is 0 Å². The summed E-state index contributed by atoms with van der Waals surface area (Å²) in [4.78, 5) is 4.53. The summed E-state index contributed by atoms with van der Waals surface area (Å²) in [7, 11) is -0.197. The topological polar surface area (TPSA) is 75.9 Å². The molecule has 0 aromatic carbocycles. The van der Waals surface area contributed by atoms with Crippen LogP contribution >= 0.6 is 0 Å². The van der Waals surface area contributed by atoms with Gasteiger partial charge in [-0.1, -0.05) is 6.42 Å². The minimum Gasteiger partial charge on any atom is -0.305 e. The lowest BCUT2D eigenvalue weighted by Crippen LogP contribution is -2.48. The van der Waals surface area contributed by atoms with Gasteiger partial charge in [-0.3, -0.25) is 0 Å². The van der Waals surface area contributed by atoms with E-state index in [0.717, 1.165) is 19.3 Å². The molecule has 0 aliphatic carbocycles. The predicted octanol–water partition coefficient (Wildman–Crippen LogP) is -0.0723. The van der Waals surface area contributed by atoms with E-state index in [4.69, 9.17) is 5.90 Å². The molecule has 0 aromatic heterocycles. The Kier molecular flexibility index (Phi) is 5.13. The molecule has 16 heavy (non-hydrogen) atoms. The van der Waals surface area contributed by atoms with Gasteiger partial charge in [0.2, 0.25) is 0 Å². The third kappa shape index (κ3) is 3.14. The molecule has 96 valence electrons. The molecule has 0 saturated carbocycles. The van der Waals surface area contributed by atoms with E-state index < -0.39 is 10.2 Å². The van der Waals surface area contributed by atoms with Crippen LogP contribution < -0.4 is 5.90 Å². The molecule has 1 heterocycles. The number of hydrogen-bond donors (Lipinski definition) is 1. The number of nitrogens with zero attached hydrogens (tertiary/aromatic N) is 2. The highest BCUT2D eigenvalue weighted by Gasteiger charge is 2.33. The maximum absolute atomic E-state index is 12.0. The van der Waals surface area contributed by atoms with Crippen LogP contribution in [0.2, 0.25) is 0 Å². The zero-order valence-corrected chi connectivity index (χ0v) is 10.7. The molecule has 6 nitrogen and oxygen atoms in total. The molecule has 1 aliphatic rings. The third-order valence-corrected chi connectivity index (χ3v) is 4.90. The van der Waals surface area contributed by atoms with Crippen molar-refractivity contribution in [3.8, 4) is 0 Å². The molecule has 0 amide bonds. The second-order valence-corrected chi connectivity index (χ2v) is 6.30. The molecule has 0 spiro atoms. The highest BCUT2D eigenvalue weighted by Crippen LogP contribution is 2.23. The quantitative estimate of drug-likeness (QED) is 0.694. The fraction of sp³-hybridized carbons (Fsp3) is 1.00. The smallest absolute Gasteiger partial charge is 0.281 e. The summed E-state index contributed by atoms with van der Waals surface area (Å²) in [6.07, 6.45) is 3.53. The Morgan fingerprint density at radius 3 is 2.69 bits per heavy atom. The first-order valence-corrected chi connectivity index (χ1v) is 6.91. The van der Waals surface area contributed by atoms with Gasteiger partial charge in [0, 0.05) is 26.7 Å². The Morgan fingerprint density at radius 1 is 1.44 bits per heavy atom. The van der Waals surface area contributed by atoms with Crippen LogP contribution in [0.1, 0.15) is 25.7 Å². The molecule has 1 aliphatic heterocycles. The van der Waals surface area contributed by atoms with Crippen molar-refractivity contribution >= 4 is 10.2 Å². The van der Waals surface area contributed by atoms with Gasteiger partial charge in [-0.05, 0) is 19.3 Å². The maximum atomic E-state index is 12.0. The number of hydrogen-bond acceptors (Lipinski definition) is 4. The first-order chi connectivity index (χ1) is 7.50. The van der Waals surface area contributed by atoms with Crippen LogP contribution in [-0.2, 0) is 15.0 Å². The van der Waals surface area contributed by atoms with E-state index in [1.807, 2.05) is 0 Å². The van der Waals surface area contributed by atoms with E-state index in [1.165, 1.54) is 4.31 Å². The van der Waals surface area contributed by atoms with Crippen LogP contribution in [0.15, 0.2) is 0 Å². The average molecular weight is 251 g/mol. The van der Waals surface area contributed by atoms with Crippen molar-refractivity contribution in [1.82, 2.24) is 8.61 Å². The van der Waals surface area contributed by atoms with Crippen LogP contribution in [-0.4, -0.2) is 50.3 Å². The summed E-state index contributed by atoms with van der Waals surface area (Å²) in [6.45, 7) is 0.986. The minimum absolute atomic E-state index is 0.0182. The molecule has 1 unspecified atom stereocenters. The van der Waals surface area contributed by atoms with Gasteiger partial charge in [0.25, 0.3) is 10.2 Å². The molecule has 1 rings (SSSR count). The Labute approximate surface area is 97.5 Å². The summed E-state index contributed by atoms with van der Waals surface area (Å²) < 4.78 is 26.9. The molecule has 1 atom stereocenters. The molecule has 0 bridgehead atoms. The van der Waals surface area contributed by atoms with Crippen molar-refractivity contribution in [2.75, 3.05) is 27.2 Å². The van der Waals surface area contributed by atoms with Gasteiger partial charge >= 0.3 is 0 Å². The molecular formula is C9H21N3O3S. The summed E-state index contributed by atoms with van der Waals surface area (Å²) in [5.41, 5.74) is 0. The second kappa shape index (κ2) is 5.92. The maximum Gasteiger partial charge on any atom is 0.281 e. The van der Waals surface area contributed by atoms with Crippen LogP contribution in [0.3, 0.4) is 0 Å². The SMILES string of the molecule is CN(C)S(=O)(=O)N1CCCCC1CCON. The fourth-order valence-electron chi connectivity index (χ4n) is 1.98. The number of nitrogens with two attached hydrogens (primary N) is 1. The largest absolute Gasteiger partial charge is 0.305 e. The van der Waals surface area contributed by atoms with Crippen LogP contribution in [0.5, 0.6) is 0 Å². The van der Waals surface area contributed by atoms with E-state index in [9.17, 15) is 8.42 Å². The highest BCUT2D eigenvalue weighted by molar-refractivity contribution is 7.86. The van der Waals surface area contributed by atoms with Gasteiger partial charge < -0.3 is 4.84 Å². The Bertz CT molecular complexity index is 305. The van der Waals surface area contributed by atoms with E-state index in [0.29, 0.717) is 19.6 Å². The Hall–Kier alpha value is -0.210. The fourth-order valence-corrected chi connectivity index (χ4v) is 3.35. The first-order valence-electron chi connectivity index (χ1n) is 5.51. The molecule has 0 radical (unpaired) electrons. The van der Waals surface area contributed by atoms with Crippen LogP contribution in [0.4, 0.5) is 0 Å². The van der Waals surface area contributed by atoms with Gasteiger partial charge in [-0.2, -0.15) is 17.0 Å². The zero-order valence-electron chi connectivity index (χ0n) is 9.92. The molecule has 2 N–H and O–H groups in total.